The molecule has 11 heavy (non-hydrogen) atoms. The number of aromatic nitrogens is 1. The van der Waals surface area contributed by atoms with Gasteiger partial charge in [0.15, 0.2) is 0 Å². The van der Waals surface area contributed by atoms with Gasteiger partial charge in [0.2, 0.25) is 6.54 Å². The first-order valence-electron chi connectivity index (χ1n) is 3.22. The van der Waals surface area contributed by atoms with E-state index in [2.05, 4.69) is 4.98 Å². The van der Waals surface area contributed by atoms with Crippen LogP contribution in [0, 0.1) is 17.0 Å². The number of hydrogen-bond donors (Lipinski definition) is 0. The van der Waals surface area contributed by atoms with Crippen LogP contribution in [0.15, 0.2) is 18.3 Å². The SMILES string of the molecule is Cc1ccnc(C[N+](=O)[O-])c1. The van der Waals surface area contributed by atoms with Gasteiger partial charge in [-0.15, -0.1) is 0 Å². The normalized spacial score (nSPS) is 9.55. The fraction of sp³-hybridized carbons (Fsp3) is 0.286. The molecular weight excluding hydrogens is 144 g/mol. The number of aryl methyl sites for hydroxylation is 1. The second kappa shape index (κ2) is 3.09. The van der Waals surface area contributed by atoms with Crippen molar-refractivity contribution in [3.63, 3.8) is 0 Å². The molecule has 0 aliphatic heterocycles. The number of pyridine rings is 1. The molecule has 0 saturated heterocycles. The molecule has 0 N–H and O–H groups in total. The van der Waals surface area contributed by atoms with Crippen LogP contribution in [-0.4, -0.2) is 9.91 Å². The van der Waals surface area contributed by atoms with E-state index >= 15 is 0 Å². The van der Waals surface area contributed by atoms with Gasteiger partial charge in [-0.25, -0.2) is 0 Å². The van der Waals surface area contributed by atoms with E-state index in [1.807, 2.05) is 13.0 Å². The Bertz CT molecular complexity index is 273. The van der Waals surface area contributed by atoms with Crippen molar-refractivity contribution in [2.24, 2.45) is 0 Å². The molecule has 1 aromatic rings. The first-order valence-corrected chi connectivity index (χ1v) is 3.22. The van der Waals surface area contributed by atoms with E-state index in [1.54, 1.807) is 12.3 Å². The van der Waals surface area contributed by atoms with Crippen molar-refractivity contribution >= 4 is 0 Å². The lowest BCUT2D eigenvalue weighted by molar-refractivity contribution is -0.497. The highest BCUT2D eigenvalue weighted by Gasteiger charge is 2.01. The maximum Gasteiger partial charge on any atom is 0.245 e. The zero-order chi connectivity index (χ0) is 8.27. The summed E-state index contributed by atoms with van der Waals surface area (Å²) in [7, 11) is 0. The van der Waals surface area contributed by atoms with Crippen molar-refractivity contribution in [2.75, 3.05) is 0 Å². The number of rotatable bonds is 2. The Morgan fingerprint density at radius 3 is 3.00 bits per heavy atom. The van der Waals surface area contributed by atoms with E-state index in [-0.39, 0.29) is 11.5 Å². The van der Waals surface area contributed by atoms with Crippen molar-refractivity contribution in [2.45, 2.75) is 13.5 Å². The van der Waals surface area contributed by atoms with Gasteiger partial charge in [0.1, 0.15) is 5.69 Å². The zero-order valence-electron chi connectivity index (χ0n) is 6.15. The maximum absolute atomic E-state index is 10.0. The molecule has 0 spiro atoms. The molecular formula is C7H8N2O2. The van der Waals surface area contributed by atoms with Gasteiger partial charge >= 0.3 is 0 Å². The molecule has 0 unspecified atom stereocenters. The van der Waals surface area contributed by atoms with Gasteiger partial charge in [-0.05, 0) is 24.6 Å². The molecule has 0 radical (unpaired) electrons. The third-order valence-corrected chi connectivity index (χ3v) is 1.26. The van der Waals surface area contributed by atoms with E-state index in [1.165, 1.54) is 0 Å². The van der Waals surface area contributed by atoms with Gasteiger partial charge in [-0.2, -0.15) is 0 Å². The highest BCUT2D eigenvalue weighted by atomic mass is 16.6. The molecule has 58 valence electrons. The molecule has 0 saturated carbocycles. The van der Waals surface area contributed by atoms with Crippen LogP contribution >= 0.6 is 0 Å². The van der Waals surface area contributed by atoms with Crippen molar-refractivity contribution in [3.05, 3.63) is 39.7 Å². The molecule has 0 aliphatic carbocycles. The highest BCUT2D eigenvalue weighted by molar-refractivity contribution is 5.13. The predicted octanol–water partition coefficient (Wildman–Crippen LogP) is 1.17. The summed E-state index contributed by atoms with van der Waals surface area (Å²) in [6, 6.07) is 3.52. The summed E-state index contributed by atoms with van der Waals surface area (Å²) in [5, 5.41) is 10.0. The second-order valence-electron chi connectivity index (χ2n) is 2.32. The molecule has 0 atom stereocenters. The topological polar surface area (TPSA) is 56.0 Å². The molecule has 1 heterocycles. The van der Waals surface area contributed by atoms with Crippen LogP contribution in [0.1, 0.15) is 11.3 Å². The van der Waals surface area contributed by atoms with Crippen molar-refractivity contribution in [1.29, 1.82) is 0 Å². The Kier molecular flexibility index (Phi) is 2.15. The van der Waals surface area contributed by atoms with Crippen LogP contribution in [0.4, 0.5) is 0 Å². The Hall–Kier alpha value is -1.45. The third kappa shape index (κ3) is 2.33. The van der Waals surface area contributed by atoms with Gasteiger partial charge in [-0.3, -0.25) is 15.1 Å². The highest BCUT2D eigenvalue weighted by Crippen LogP contribution is 2.00. The van der Waals surface area contributed by atoms with Crippen molar-refractivity contribution < 1.29 is 4.92 Å². The van der Waals surface area contributed by atoms with E-state index < -0.39 is 0 Å². The molecule has 0 fully saturated rings. The fourth-order valence-corrected chi connectivity index (χ4v) is 0.817. The Morgan fingerprint density at radius 1 is 1.73 bits per heavy atom. The van der Waals surface area contributed by atoms with E-state index in [0.29, 0.717) is 5.69 Å². The predicted molar refractivity (Wildman–Crippen MR) is 39.7 cm³/mol. The molecule has 0 bridgehead atoms. The summed E-state index contributed by atoms with van der Waals surface area (Å²) in [4.78, 5) is 13.5. The molecule has 0 amide bonds. The molecule has 0 aromatic carbocycles. The first-order chi connectivity index (χ1) is 5.18. The smallest absolute Gasteiger partial charge is 0.245 e. The number of nitrogens with zero attached hydrogens (tertiary/aromatic N) is 2. The van der Waals surface area contributed by atoms with Crippen LogP contribution in [0.2, 0.25) is 0 Å². The summed E-state index contributed by atoms with van der Waals surface area (Å²) >= 11 is 0. The van der Waals surface area contributed by atoms with Gasteiger partial charge < -0.3 is 0 Å². The molecule has 0 aliphatic rings. The second-order valence-corrected chi connectivity index (χ2v) is 2.32. The average molecular weight is 152 g/mol. The summed E-state index contributed by atoms with van der Waals surface area (Å²) < 4.78 is 0. The number of nitro groups is 1. The maximum atomic E-state index is 10.0. The van der Waals surface area contributed by atoms with E-state index in [9.17, 15) is 10.1 Å². The lowest BCUT2D eigenvalue weighted by Crippen LogP contribution is -2.00. The van der Waals surface area contributed by atoms with Crippen LogP contribution in [0.25, 0.3) is 0 Å². The van der Waals surface area contributed by atoms with Crippen LogP contribution < -0.4 is 0 Å². The standard InChI is InChI=1S/C7H8N2O2/c1-6-2-3-8-7(4-6)5-9(10)11/h2-4H,5H2,1H3. The molecule has 4 nitrogen and oxygen atoms in total. The Labute approximate surface area is 64.0 Å². The van der Waals surface area contributed by atoms with Crippen LogP contribution in [0.5, 0.6) is 0 Å². The largest absolute Gasteiger partial charge is 0.264 e. The summed E-state index contributed by atoms with van der Waals surface area (Å²) in [5.41, 5.74) is 1.51. The summed E-state index contributed by atoms with van der Waals surface area (Å²) in [6.07, 6.45) is 1.58. The van der Waals surface area contributed by atoms with Gasteiger partial charge in [0.25, 0.3) is 0 Å². The Morgan fingerprint density at radius 2 is 2.45 bits per heavy atom. The quantitative estimate of drug-likeness (QED) is 0.472. The van der Waals surface area contributed by atoms with Gasteiger partial charge in [0.05, 0.1) is 0 Å². The minimum absolute atomic E-state index is 0.193. The lowest BCUT2D eigenvalue weighted by atomic mass is 10.2. The third-order valence-electron chi connectivity index (χ3n) is 1.26. The van der Waals surface area contributed by atoms with Gasteiger partial charge in [-0.1, -0.05) is 0 Å². The van der Waals surface area contributed by atoms with E-state index in [4.69, 9.17) is 0 Å². The Balaban J connectivity index is 2.79. The van der Waals surface area contributed by atoms with Crippen LogP contribution in [0.3, 0.4) is 0 Å². The monoisotopic (exact) mass is 152 g/mol. The van der Waals surface area contributed by atoms with Crippen molar-refractivity contribution in [3.8, 4) is 0 Å². The van der Waals surface area contributed by atoms with Crippen LogP contribution in [-0.2, 0) is 6.54 Å². The molecule has 1 rings (SSSR count). The summed E-state index contributed by atoms with van der Waals surface area (Å²) in [5.74, 6) is 0. The molecule has 1 aromatic heterocycles. The van der Waals surface area contributed by atoms with Gasteiger partial charge in [0, 0.05) is 11.1 Å². The first kappa shape index (κ1) is 7.65. The average Bonchev–Trinajstić information content (AvgIpc) is 1.85. The fourth-order valence-electron chi connectivity index (χ4n) is 0.817. The zero-order valence-corrected chi connectivity index (χ0v) is 6.15. The summed E-state index contributed by atoms with van der Waals surface area (Å²) in [6.45, 7) is 1.69. The number of hydrogen-bond acceptors (Lipinski definition) is 3. The lowest BCUT2D eigenvalue weighted by Gasteiger charge is -1.94. The van der Waals surface area contributed by atoms with Crippen molar-refractivity contribution in [1.82, 2.24) is 4.98 Å². The minimum Gasteiger partial charge on any atom is -0.264 e. The minimum atomic E-state index is -0.387. The van der Waals surface area contributed by atoms with E-state index in [0.717, 1.165) is 5.56 Å². The molecule has 4 heteroatoms.